The number of hydrogen-bond donors (Lipinski definition) is 1. The highest BCUT2D eigenvalue weighted by Gasteiger charge is 2.22. The van der Waals surface area contributed by atoms with Gasteiger partial charge in [0.25, 0.3) is 0 Å². The molecule has 1 aromatic rings. The number of hydrogen-bond acceptors (Lipinski definition) is 2. The van der Waals surface area contributed by atoms with Crippen LogP contribution in [-0.4, -0.2) is 29.9 Å². The molecule has 3 nitrogen and oxygen atoms in total. The number of benzene rings is 1. The Hall–Kier alpha value is -1.35. The molecular formula is C15H22N2O. The molecule has 1 aromatic carbocycles. The van der Waals surface area contributed by atoms with Crippen LogP contribution >= 0.6 is 0 Å². The first-order chi connectivity index (χ1) is 8.68. The second-order valence-corrected chi connectivity index (χ2v) is 5.15. The van der Waals surface area contributed by atoms with Crippen molar-refractivity contribution in [1.82, 2.24) is 4.90 Å². The third-order valence-corrected chi connectivity index (χ3v) is 3.70. The van der Waals surface area contributed by atoms with Crippen molar-refractivity contribution in [3.8, 4) is 0 Å². The minimum Gasteiger partial charge on any atom is -0.341 e. The maximum absolute atomic E-state index is 11.9. The zero-order chi connectivity index (χ0) is 13.0. The van der Waals surface area contributed by atoms with Gasteiger partial charge in [0.2, 0.25) is 5.91 Å². The van der Waals surface area contributed by atoms with Crippen molar-refractivity contribution in [3.63, 3.8) is 0 Å². The molecule has 0 aliphatic carbocycles. The van der Waals surface area contributed by atoms with Crippen molar-refractivity contribution in [2.75, 3.05) is 13.1 Å². The summed E-state index contributed by atoms with van der Waals surface area (Å²) in [6, 6.07) is 10.2. The van der Waals surface area contributed by atoms with E-state index in [9.17, 15) is 4.79 Å². The smallest absolute Gasteiger partial charge is 0.239 e. The standard InChI is InChI=1S/C15H22N2O/c1-12(16)15(18)17-10-5-8-14(9-11-17)13-6-3-2-4-7-13/h2-4,6-7,12,14H,5,8-11,16H2,1H3/t12-,14?/m0/s1. The SMILES string of the molecule is C[C@H](N)C(=O)N1CCCC(c2ccccc2)CC1. The lowest BCUT2D eigenvalue weighted by Crippen LogP contribution is -2.42. The number of nitrogens with two attached hydrogens (primary N) is 1. The van der Waals surface area contributed by atoms with Crippen LogP contribution in [0.2, 0.25) is 0 Å². The first kappa shape index (κ1) is 13.1. The summed E-state index contributed by atoms with van der Waals surface area (Å²) in [7, 11) is 0. The molecule has 1 fully saturated rings. The summed E-state index contributed by atoms with van der Waals surface area (Å²) < 4.78 is 0. The first-order valence-corrected chi connectivity index (χ1v) is 6.78. The highest BCUT2D eigenvalue weighted by molar-refractivity contribution is 5.81. The number of carbonyl (C=O) groups excluding carboxylic acids is 1. The van der Waals surface area contributed by atoms with E-state index < -0.39 is 0 Å². The minimum absolute atomic E-state index is 0.0868. The van der Waals surface area contributed by atoms with E-state index in [4.69, 9.17) is 5.73 Å². The lowest BCUT2D eigenvalue weighted by atomic mass is 9.92. The summed E-state index contributed by atoms with van der Waals surface area (Å²) in [6.07, 6.45) is 3.27. The van der Waals surface area contributed by atoms with Gasteiger partial charge in [0.1, 0.15) is 0 Å². The van der Waals surface area contributed by atoms with Crippen molar-refractivity contribution in [2.24, 2.45) is 5.73 Å². The molecule has 0 radical (unpaired) electrons. The fourth-order valence-corrected chi connectivity index (χ4v) is 2.66. The second-order valence-electron chi connectivity index (χ2n) is 5.15. The van der Waals surface area contributed by atoms with Gasteiger partial charge in [-0.15, -0.1) is 0 Å². The molecule has 1 amide bonds. The average molecular weight is 246 g/mol. The molecule has 2 atom stereocenters. The van der Waals surface area contributed by atoms with E-state index in [-0.39, 0.29) is 11.9 Å². The molecule has 1 unspecified atom stereocenters. The molecule has 3 heteroatoms. The second kappa shape index (κ2) is 6.01. The zero-order valence-corrected chi connectivity index (χ0v) is 11.0. The molecule has 1 aliphatic heterocycles. The first-order valence-electron chi connectivity index (χ1n) is 6.78. The van der Waals surface area contributed by atoms with E-state index in [1.165, 1.54) is 5.56 Å². The Morgan fingerprint density at radius 1 is 1.28 bits per heavy atom. The van der Waals surface area contributed by atoms with Gasteiger partial charge in [-0.25, -0.2) is 0 Å². The molecule has 98 valence electrons. The highest BCUT2D eigenvalue weighted by atomic mass is 16.2. The van der Waals surface area contributed by atoms with E-state index in [1.54, 1.807) is 6.92 Å². The third kappa shape index (κ3) is 3.10. The minimum atomic E-state index is -0.377. The predicted octanol–water partition coefficient (Wildman–Crippen LogP) is 2.13. The predicted molar refractivity (Wildman–Crippen MR) is 73.3 cm³/mol. The van der Waals surface area contributed by atoms with Crippen LogP contribution in [0.15, 0.2) is 30.3 Å². The molecule has 18 heavy (non-hydrogen) atoms. The van der Waals surface area contributed by atoms with Crippen LogP contribution in [0, 0.1) is 0 Å². The topological polar surface area (TPSA) is 46.3 Å². The number of carbonyl (C=O) groups is 1. The third-order valence-electron chi connectivity index (χ3n) is 3.70. The van der Waals surface area contributed by atoms with Crippen LogP contribution in [0.4, 0.5) is 0 Å². The Kier molecular flexibility index (Phi) is 4.37. The molecule has 0 spiro atoms. The van der Waals surface area contributed by atoms with Crippen molar-refractivity contribution < 1.29 is 4.79 Å². The van der Waals surface area contributed by atoms with E-state index in [0.717, 1.165) is 32.4 Å². The Morgan fingerprint density at radius 2 is 2.00 bits per heavy atom. The van der Waals surface area contributed by atoms with Crippen LogP contribution in [0.3, 0.4) is 0 Å². The zero-order valence-electron chi connectivity index (χ0n) is 11.0. The monoisotopic (exact) mass is 246 g/mol. The summed E-state index contributed by atoms with van der Waals surface area (Å²) in [5.74, 6) is 0.667. The number of rotatable bonds is 2. The van der Waals surface area contributed by atoms with Gasteiger partial charge in [-0.2, -0.15) is 0 Å². The normalized spacial score (nSPS) is 22.3. The molecule has 2 N–H and O–H groups in total. The van der Waals surface area contributed by atoms with E-state index in [0.29, 0.717) is 5.92 Å². The van der Waals surface area contributed by atoms with Crippen molar-refractivity contribution in [2.45, 2.75) is 38.1 Å². The summed E-state index contributed by atoms with van der Waals surface area (Å²) in [6.45, 7) is 3.45. The molecule has 0 aromatic heterocycles. The van der Waals surface area contributed by atoms with Crippen LogP contribution in [0.5, 0.6) is 0 Å². The molecule has 0 saturated carbocycles. The van der Waals surface area contributed by atoms with Gasteiger partial charge in [-0.05, 0) is 37.7 Å². The van der Waals surface area contributed by atoms with Gasteiger partial charge < -0.3 is 10.6 Å². The lowest BCUT2D eigenvalue weighted by molar-refractivity contribution is -0.132. The Labute approximate surface area is 109 Å². The molecule has 0 bridgehead atoms. The molecule has 1 saturated heterocycles. The summed E-state index contributed by atoms with van der Waals surface area (Å²) in [5, 5.41) is 0. The number of nitrogens with zero attached hydrogens (tertiary/aromatic N) is 1. The number of amides is 1. The highest BCUT2D eigenvalue weighted by Crippen LogP contribution is 2.27. The summed E-state index contributed by atoms with van der Waals surface area (Å²) >= 11 is 0. The fraction of sp³-hybridized carbons (Fsp3) is 0.533. The van der Waals surface area contributed by atoms with Crippen LogP contribution < -0.4 is 5.73 Å². The van der Waals surface area contributed by atoms with Gasteiger partial charge in [-0.1, -0.05) is 30.3 Å². The van der Waals surface area contributed by atoms with Crippen molar-refractivity contribution in [1.29, 1.82) is 0 Å². The maximum atomic E-state index is 11.9. The van der Waals surface area contributed by atoms with E-state index in [1.807, 2.05) is 11.0 Å². The molecular weight excluding hydrogens is 224 g/mol. The molecule has 2 rings (SSSR count). The lowest BCUT2D eigenvalue weighted by Gasteiger charge is -2.22. The largest absolute Gasteiger partial charge is 0.341 e. The van der Waals surface area contributed by atoms with Gasteiger partial charge >= 0.3 is 0 Å². The Bertz CT molecular complexity index is 389. The van der Waals surface area contributed by atoms with Crippen LogP contribution in [0.25, 0.3) is 0 Å². The van der Waals surface area contributed by atoms with Crippen molar-refractivity contribution >= 4 is 5.91 Å². The average Bonchev–Trinajstić information content (AvgIpc) is 2.64. The van der Waals surface area contributed by atoms with Crippen molar-refractivity contribution in [3.05, 3.63) is 35.9 Å². The Balaban J connectivity index is 1.99. The fourth-order valence-electron chi connectivity index (χ4n) is 2.66. The summed E-state index contributed by atoms with van der Waals surface area (Å²) in [5.41, 5.74) is 7.07. The summed E-state index contributed by atoms with van der Waals surface area (Å²) in [4.78, 5) is 13.8. The van der Waals surface area contributed by atoms with Gasteiger partial charge in [-0.3, -0.25) is 4.79 Å². The van der Waals surface area contributed by atoms with Crippen LogP contribution in [-0.2, 0) is 4.79 Å². The van der Waals surface area contributed by atoms with E-state index in [2.05, 4.69) is 24.3 Å². The maximum Gasteiger partial charge on any atom is 0.239 e. The Morgan fingerprint density at radius 3 is 2.67 bits per heavy atom. The van der Waals surface area contributed by atoms with Crippen LogP contribution in [0.1, 0.15) is 37.7 Å². The molecule has 1 aliphatic rings. The van der Waals surface area contributed by atoms with Gasteiger partial charge in [0, 0.05) is 13.1 Å². The quantitative estimate of drug-likeness (QED) is 0.869. The number of likely N-dealkylation sites (tertiary alicyclic amines) is 1. The van der Waals surface area contributed by atoms with Gasteiger partial charge in [0.05, 0.1) is 6.04 Å². The van der Waals surface area contributed by atoms with Gasteiger partial charge in [0.15, 0.2) is 0 Å². The van der Waals surface area contributed by atoms with E-state index >= 15 is 0 Å². The molecule has 1 heterocycles.